The zero-order valence-electron chi connectivity index (χ0n) is 11.5. The number of aliphatic hydroxyl groups is 1. The molecule has 0 bridgehead atoms. The van der Waals surface area contributed by atoms with E-state index >= 15 is 0 Å². The van der Waals surface area contributed by atoms with Crippen molar-refractivity contribution in [2.45, 2.75) is 45.6 Å². The lowest BCUT2D eigenvalue weighted by molar-refractivity contribution is -0.136. The Morgan fingerprint density at radius 3 is 2.37 bits per heavy atom. The fourth-order valence-electron chi connectivity index (χ4n) is 3.42. The van der Waals surface area contributed by atoms with Gasteiger partial charge in [0.15, 0.2) is 5.78 Å². The van der Waals surface area contributed by atoms with E-state index in [1.54, 1.807) is 6.92 Å². The van der Waals surface area contributed by atoms with E-state index in [2.05, 4.69) is 13.8 Å². The van der Waals surface area contributed by atoms with E-state index in [0.717, 1.165) is 5.57 Å². The first-order chi connectivity index (χ1) is 8.71. The van der Waals surface area contributed by atoms with Crippen molar-refractivity contribution in [3.05, 3.63) is 22.3 Å². The molecule has 0 radical (unpaired) electrons. The van der Waals surface area contributed by atoms with Crippen LogP contribution in [0.2, 0.25) is 0 Å². The molecular weight excluding hydrogens is 244 g/mol. The van der Waals surface area contributed by atoms with Crippen LogP contribution in [0.1, 0.15) is 40.0 Å². The molecule has 4 nitrogen and oxygen atoms in total. The first-order valence-corrected chi connectivity index (χ1v) is 6.60. The van der Waals surface area contributed by atoms with Gasteiger partial charge in [-0.05, 0) is 30.8 Å². The second-order valence-electron chi connectivity index (χ2n) is 6.79. The van der Waals surface area contributed by atoms with Gasteiger partial charge < -0.3 is 9.84 Å². The molecule has 2 aliphatic carbocycles. The molecule has 0 aromatic carbocycles. The average Bonchev–Trinajstić information content (AvgIpc) is 2.78. The zero-order valence-corrected chi connectivity index (χ0v) is 11.5. The summed E-state index contributed by atoms with van der Waals surface area (Å²) in [5, 5.41) is 10.7. The lowest BCUT2D eigenvalue weighted by Crippen LogP contribution is -2.29. The smallest absolute Gasteiger partial charge is 0.335 e. The van der Waals surface area contributed by atoms with Crippen LogP contribution in [-0.4, -0.2) is 29.1 Å². The number of hydrogen-bond acceptors (Lipinski definition) is 4. The van der Waals surface area contributed by atoms with Gasteiger partial charge in [0, 0.05) is 17.6 Å². The van der Waals surface area contributed by atoms with Gasteiger partial charge in [0.1, 0.15) is 6.61 Å². The van der Waals surface area contributed by atoms with E-state index in [0.29, 0.717) is 29.6 Å². The van der Waals surface area contributed by atoms with Crippen molar-refractivity contribution in [1.29, 1.82) is 0 Å². The Kier molecular flexibility index (Phi) is 2.37. The van der Waals surface area contributed by atoms with E-state index < -0.39 is 11.6 Å². The highest BCUT2D eigenvalue weighted by Gasteiger charge is 2.47. The van der Waals surface area contributed by atoms with Gasteiger partial charge in [0.05, 0.1) is 11.2 Å². The molecule has 19 heavy (non-hydrogen) atoms. The quantitative estimate of drug-likeness (QED) is 0.675. The molecule has 1 aliphatic heterocycles. The van der Waals surface area contributed by atoms with Crippen LogP contribution in [-0.2, 0) is 14.3 Å². The van der Waals surface area contributed by atoms with E-state index in [-0.39, 0.29) is 24.2 Å². The number of ketones is 1. The van der Waals surface area contributed by atoms with Crippen LogP contribution in [0, 0.1) is 5.41 Å². The Balaban J connectivity index is 2.13. The maximum absolute atomic E-state index is 12.6. The number of cyclic esters (lactones) is 1. The summed E-state index contributed by atoms with van der Waals surface area (Å²) in [4.78, 5) is 24.3. The molecule has 1 N–H and O–H groups in total. The third kappa shape index (κ3) is 1.77. The summed E-state index contributed by atoms with van der Waals surface area (Å²) < 4.78 is 4.95. The summed E-state index contributed by atoms with van der Waals surface area (Å²) >= 11 is 0. The van der Waals surface area contributed by atoms with E-state index in [9.17, 15) is 14.7 Å². The fraction of sp³-hybridized carbons (Fsp3) is 0.600. The van der Waals surface area contributed by atoms with Crippen LogP contribution < -0.4 is 0 Å². The summed E-state index contributed by atoms with van der Waals surface area (Å²) in [5.74, 6) is -0.553. The van der Waals surface area contributed by atoms with E-state index in [1.165, 1.54) is 0 Å². The molecule has 3 aliphatic rings. The Bertz CT molecular complexity index is 561. The van der Waals surface area contributed by atoms with Crippen molar-refractivity contribution < 1.29 is 19.4 Å². The van der Waals surface area contributed by atoms with Crippen molar-refractivity contribution in [1.82, 2.24) is 0 Å². The first-order valence-electron chi connectivity index (χ1n) is 6.60. The highest BCUT2D eigenvalue weighted by molar-refractivity contribution is 6.15. The van der Waals surface area contributed by atoms with Gasteiger partial charge in [0.2, 0.25) is 0 Å². The van der Waals surface area contributed by atoms with E-state index in [4.69, 9.17) is 4.74 Å². The second-order valence-corrected chi connectivity index (χ2v) is 6.79. The van der Waals surface area contributed by atoms with Gasteiger partial charge in [0.25, 0.3) is 0 Å². The maximum atomic E-state index is 12.6. The highest BCUT2D eigenvalue weighted by atomic mass is 16.5. The lowest BCUT2D eigenvalue weighted by Gasteiger charge is -2.27. The number of ether oxygens (including phenoxy) is 1. The summed E-state index contributed by atoms with van der Waals surface area (Å²) in [5.41, 5.74) is 1.18. The van der Waals surface area contributed by atoms with Crippen molar-refractivity contribution in [2.24, 2.45) is 5.41 Å². The molecule has 0 saturated heterocycles. The predicted octanol–water partition coefficient (Wildman–Crippen LogP) is 1.68. The Labute approximate surface area is 112 Å². The monoisotopic (exact) mass is 262 g/mol. The van der Waals surface area contributed by atoms with Crippen LogP contribution in [0.3, 0.4) is 0 Å². The van der Waals surface area contributed by atoms with Crippen LogP contribution >= 0.6 is 0 Å². The molecule has 102 valence electrons. The Morgan fingerprint density at radius 2 is 1.68 bits per heavy atom. The molecule has 4 heteroatoms. The molecule has 0 aromatic heterocycles. The standard InChI is InChI=1S/C15H18O4/c1-14(2)4-9-11(6-14)15(3,18)5-8-10(12(9)16)7-19-13(8)17/h18H,4-7H2,1-3H3. The summed E-state index contributed by atoms with van der Waals surface area (Å²) in [7, 11) is 0. The Morgan fingerprint density at radius 1 is 1.00 bits per heavy atom. The molecule has 3 rings (SSSR count). The third-order valence-electron chi connectivity index (χ3n) is 4.35. The topological polar surface area (TPSA) is 63.6 Å². The Hall–Kier alpha value is -1.42. The zero-order chi connectivity index (χ0) is 14.0. The normalized spacial score (nSPS) is 33.3. The average molecular weight is 262 g/mol. The van der Waals surface area contributed by atoms with Crippen LogP contribution in [0.15, 0.2) is 22.3 Å². The van der Waals surface area contributed by atoms with Crippen LogP contribution in [0.4, 0.5) is 0 Å². The molecule has 0 amide bonds. The maximum Gasteiger partial charge on any atom is 0.335 e. The van der Waals surface area contributed by atoms with Gasteiger partial charge in [-0.2, -0.15) is 0 Å². The number of carbonyl (C=O) groups excluding carboxylic acids is 2. The van der Waals surface area contributed by atoms with Gasteiger partial charge in [-0.3, -0.25) is 4.79 Å². The number of esters is 1. The molecule has 1 heterocycles. The molecule has 0 aromatic rings. The molecule has 1 atom stereocenters. The van der Waals surface area contributed by atoms with E-state index in [1.807, 2.05) is 0 Å². The minimum absolute atomic E-state index is 0.00808. The molecule has 1 unspecified atom stereocenters. The summed E-state index contributed by atoms with van der Waals surface area (Å²) in [6, 6.07) is 0. The SMILES string of the molecule is CC1(C)CC2=C(C1)C(C)(O)CC1=C(COC1=O)C2=O. The first kappa shape index (κ1) is 12.6. The second kappa shape index (κ2) is 3.57. The minimum Gasteiger partial charge on any atom is -0.457 e. The summed E-state index contributed by atoms with van der Waals surface area (Å²) in [6.45, 7) is 5.94. The number of allylic oxidation sites excluding steroid dienone is 1. The number of Topliss-reactive ketones (excluding diaryl/α,β-unsaturated/α-hetero) is 1. The highest BCUT2D eigenvalue weighted by Crippen LogP contribution is 2.50. The molecule has 0 spiro atoms. The lowest BCUT2D eigenvalue weighted by atomic mass is 9.82. The van der Waals surface area contributed by atoms with Crippen LogP contribution in [0.5, 0.6) is 0 Å². The van der Waals surface area contributed by atoms with Crippen molar-refractivity contribution in [3.63, 3.8) is 0 Å². The molecular formula is C15H18O4. The molecule has 0 fully saturated rings. The number of carbonyl (C=O) groups is 2. The van der Waals surface area contributed by atoms with Crippen molar-refractivity contribution in [3.8, 4) is 0 Å². The van der Waals surface area contributed by atoms with Crippen molar-refractivity contribution in [2.75, 3.05) is 6.61 Å². The summed E-state index contributed by atoms with van der Waals surface area (Å²) in [6.07, 6.45) is 1.54. The number of hydrogen-bond donors (Lipinski definition) is 1. The van der Waals surface area contributed by atoms with Gasteiger partial charge in [-0.15, -0.1) is 0 Å². The minimum atomic E-state index is -1.13. The fourth-order valence-corrected chi connectivity index (χ4v) is 3.42. The predicted molar refractivity (Wildman–Crippen MR) is 68.3 cm³/mol. The largest absolute Gasteiger partial charge is 0.457 e. The van der Waals surface area contributed by atoms with Gasteiger partial charge in [-0.1, -0.05) is 13.8 Å². The van der Waals surface area contributed by atoms with Gasteiger partial charge >= 0.3 is 5.97 Å². The van der Waals surface area contributed by atoms with Crippen LogP contribution in [0.25, 0.3) is 0 Å². The number of rotatable bonds is 0. The molecule has 0 saturated carbocycles. The third-order valence-corrected chi connectivity index (χ3v) is 4.35. The van der Waals surface area contributed by atoms with Gasteiger partial charge in [-0.25, -0.2) is 4.79 Å². The van der Waals surface area contributed by atoms with Crippen molar-refractivity contribution >= 4 is 11.8 Å².